The quantitative estimate of drug-likeness (QED) is 0.831. The fourth-order valence-corrected chi connectivity index (χ4v) is 2.29. The van der Waals surface area contributed by atoms with Crippen molar-refractivity contribution in [2.24, 2.45) is 0 Å². The summed E-state index contributed by atoms with van der Waals surface area (Å²) in [5, 5.41) is 0. The lowest BCUT2D eigenvalue weighted by Gasteiger charge is -2.31. The van der Waals surface area contributed by atoms with Gasteiger partial charge in [0.05, 0.1) is 5.56 Å². The van der Waals surface area contributed by atoms with Crippen LogP contribution in [-0.4, -0.2) is 48.2 Å². The lowest BCUT2D eigenvalue weighted by molar-refractivity contribution is -0.138. The third-order valence-electron chi connectivity index (χ3n) is 3.58. The maximum absolute atomic E-state index is 12.5. The molecule has 0 bridgehead atoms. The Morgan fingerprint density at radius 2 is 2.04 bits per heavy atom. The zero-order chi connectivity index (χ0) is 16.9. The second kappa shape index (κ2) is 7.63. The Kier molecular flexibility index (Phi) is 5.81. The molecule has 1 aliphatic rings. The lowest BCUT2D eigenvalue weighted by atomic mass is 10.1. The van der Waals surface area contributed by atoms with E-state index in [9.17, 15) is 18.0 Å². The minimum atomic E-state index is -4.40. The maximum atomic E-state index is 12.5. The molecule has 128 valence electrons. The molecule has 5 nitrogen and oxygen atoms in total. The Morgan fingerprint density at radius 3 is 2.57 bits per heavy atom. The van der Waals surface area contributed by atoms with E-state index >= 15 is 0 Å². The summed E-state index contributed by atoms with van der Waals surface area (Å²) in [4.78, 5) is 17.2. The molecule has 8 heteroatoms. The topological polar surface area (TPSA) is 51.7 Å². The number of pyridine rings is 1. The summed E-state index contributed by atoms with van der Waals surface area (Å²) in [6.07, 6.45) is -2.58. The highest BCUT2D eigenvalue weighted by molar-refractivity contribution is 5.77. The van der Waals surface area contributed by atoms with E-state index in [1.165, 1.54) is 6.07 Å². The second-order valence-corrected chi connectivity index (χ2v) is 5.22. The lowest BCUT2D eigenvalue weighted by Crippen LogP contribution is -2.43. The van der Waals surface area contributed by atoms with E-state index in [1.54, 1.807) is 4.90 Å². The average Bonchev–Trinajstić information content (AvgIpc) is 2.53. The molecule has 1 aromatic heterocycles. The number of piperidine rings is 1. The van der Waals surface area contributed by atoms with Crippen LogP contribution in [0.3, 0.4) is 0 Å². The zero-order valence-electron chi connectivity index (χ0n) is 12.8. The van der Waals surface area contributed by atoms with Crippen LogP contribution in [0.5, 0.6) is 5.88 Å². The molecule has 0 aromatic carbocycles. The van der Waals surface area contributed by atoms with Gasteiger partial charge >= 0.3 is 6.18 Å². The molecular weight excluding hydrogens is 313 g/mol. The van der Waals surface area contributed by atoms with E-state index in [2.05, 4.69) is 4.98 Å². The van der Waals surface area contributed by atoms with Gasteiger partial charge in [0.1, 0.15) is 12.7 Å². The number of carbonyl (C=O) groups excluding carboxylic acids is 1. The number of alkyl halides is 3. The van der Waals surface area contributed by atoms with Crippen LogP contribution in [0.25, 0.3) is 0 Å². The molecule has 1 fully saturated rings. The molecule has 0 atom stereocenters. The third kappa shape index (κ3) is 5.09. The Balaban J connectivity index is 1.81. The monoisotopic (exact) mass is 332 g/mol. The Labute approximate surface area is 132 Å². The first kappa shape index (κ1) is 17.5. The standard InChI is InChI=1S/C15H19F3N2O3/c1-2-22-10-14(21)20-7-5-12(6-8-20)23-13-4-3-11(9-19-13)15(16,17)18/h3-4,9,12H,2,5-8,10H2,1H3. The molecule has 23 heavy (non-hydrogen) atoms. The number of hydrogen-bond acceptors (Lipinski definition) is 4. The van der Waals surface area contributed by atoms with Crippen molar-refractivity contribution in [2.45, 2.75) is 32.0 Å². The molecule has 0 saturated carbocycles. The Bertz CT molecular complexity index is 512. The number of rotatable bonds is 5. The minimum absolute atomic E-state index is 0.0574. The highest BCUT2D eigenvalue weighted by atomic mass is 19.4. The first-order valence-electron chi connectivity index (χ1n) is 7.45. The van der Waals surface area contributed by atoms with Crippen LogP contribution in [0.1, 0.15) is 25.3 Å². The van der Waals surface area contributed by atoms with Gasteiger partial charge in [0.2, 0.25) is 11.8 Å². The molecule has 0 aliphatic carbocycles. The van der Waals surface area contributed by atoms with Crippen LogP contribution in [0.15, 0.2) is 18.3 Å². The Morgan fingerprint density at radius 1 is 1.35 bits per heavy atom. The third-order valence-corrected chi connectivity index (χ3v) is 3.58. The van der Waals surface area contributed by atoms with Gasteiger partial charge in [-0.25, -0.2) is 4.98 Å². The van der Waals surface area contributed by atoms with Crippen molar-refractivity contribution < 1.29 is 27.4 Å². The van der Waals surface area contributed by atoms with Gasteiger partial charge in [0.25, 0.3) is 0 Å². The van der Waals surface area contributed by atoms with E-state index in [0.29, 0.717) is 32.5 Å². The van der Waals surface area contributed by atoms with Crippen LogP contribution < -0.4 is 4.74 Å². The predicted octanol–water partition coefficient (Wildman–Crippen LogP) is 2.51. The van der Waals surface area contributed by atoms with Crippen molar-refractivity contribution in [2.75, 3.05) is 26.3 Å². The van der Waals surface area contributed by atoms with Crippen molar-refractivity contribution in [3.63, 3.8) is 0 Å². The SMILES string of the molecule is CCOCC(=O)N1CCC(Oc2ccc(C(F)(F)F)cn2)CC1. The number of carbonyl (C=O) groups is 1. The van der Waals surface area contributed by atoms with E-state index in [-0.39, 0.29) is 24.5 Å². The van der Waals surface area contributed by atoms with Gasteiger partial charge in [0.15, 0.2) is 0 Å². The number of hydrogen-bond donors (Lipinski definition) is 0. The number of halogens is 3. The molecule has 0 radical (unpaired) electrons. The summed E-state index contributed by atoms with van der Waals surface area (Å²) < 4.78 is 48.0. The summed E-state index contributed by atoms with van der Waals surface area (Å²) in [5.74, 6) is 0.107. The minimum Gasteiger partial charge on any atom is -0.474 e. The Hall–Kier alpha value is -1.83. The van der Waals surface area contributed by atoms with Crippen LogP contribution in [-0.2, 0) is 15.7 Å². The molecule has 2 rings (SSSR count). The van der Waals surface area contributed by atoms with Gasteiger partial charge in [-0.2, -0.15) is 13.2 Å². The van der Waals surface area contributed by atoms with Gasteiger partial charge in [-0.05, 0) is 13.0 Å². The molecule has 0 spiro atoms. The summed E-state index contributed by atoms with van der Waals surface area (Å²) in [5.41, 5.74) is -0.804. The number of aromatic nitrogens is 1. The van der Waals surface area contributed by atoms with Crippen molar-refractivity contribution in [3.05, 3.63) is 23.9 Å². The molecule has 0 unspecified atom stereocenters. The molecular formula is C15H19F3N2O3. The van der Waals surface area contributed by atoms with Gasteiger partial charge in [-0.1, -0.05) is 0 Å². The zero-order valence-corrected chi connectivity index (χ0v) is 12.8. The fourth-order valence-electron chi connectivity index (χ4n) is 2.29. The van der Waals surface area contributed by atoms with Gasteiger partial charge in [0, 0.05) is 44.8 Å². The number of ether oxygens (including phenoxy) is 2. The molecule has 1 amide bonds. The maximum Gasteiger partial charge on any atom is 0.417 e. The average molecular weight is 332 g/mol. The number of amides is 1. The van der Waals surface area contributed by atoms with E-state index < -0.39 is 11.7 Å². The van der Waals surface area contributed by atoms with Gasteiger partial charge < -0.3 is 14.4 Å². The molecule has 1 aliphatic heterocycles. The molecule has 1 aromatic rings. The van der Waals surface area contributed by atoms with Crippen LogP contribution >= 0.6 is 0 Å². The highest BCUT2D eigenvalue weighted by Crippen LogP contribution is 2.29. The van der Waals surface area contributed by atoms with Crippen molar-refractivity contribution >= 4 is 5.91 Å². The normalized spacial score (nSPS) is 16.4. The smallest absolute Gasteiger partial charge is 0.417 e. The largest absolute Gasteiger partial charge is 0.474 e. The number of nitrogens with zero attached hydrogens (tertiary/aromatic N) is 2. The van der Waals surface area contributed by atoms with E-state index in [4.69, 9.17) is 9.47 Å². The van der Waals surface area contributed by atoms with Crippen LogP contribution in [0.4, 0.5) is 13.2 Å². The van der Waals surface area contributed by atoms with Crippen molar-refractivity contribution in [3.8, 4) is 5.88 Å². The fraction of sp³-hybridized carbons (Fsp3) is 0.600. The van der Waals surface area contributed by atoms with Gasteiger partial charge in [-0.15, -0.1) is 0 Å². The molecule has 0 N–H and O–H groups in total. The number of likely N-dealkylation sites (tertiary alicyclic amines) is 1. The highest BCUT2D eigenvalue weighted by Gasteiger charge is 2.31. The van der Waals surface area contributed by atoms with Crippen LogP contribution in [0, 0.1) is 0 Å². The second-order valence-electron chi connectivity index (χ2n) is 5.22. The first-order chi connectivity index (χ1) is 10.9. The summed E-state index contributed by atoms with van der Waals surface area (Å²) in [6, 6.07) is 2.17. The van der Waals surface area contributed by atoms with E-state index in [0.717, 1.165) is 12.3 Å². The summed E-state index contributed by atoms with van der Waals surface area (Å²) in [7, 11) is 0. The van der Waals surface area contributed by atoms with E-state index in [1.807, 2.05) is 6.92 Å². The summed E-state index contributed by atoms with van der Waals surface area (Å²) in [6.45, 7) is 3.46. The van der Waals surface area contributed by atoms with Crippen LogP contribution in [0.2, 0.25) is 0 Å². The van der Waals surface area contributed by atoms with Crippen molar-refractivity contribution in [1.29, 1.82) is 0 Å². The predicted molar refractivity (Wildman–Crippen MR) is 76.0 cm³/mol. The molecule has 2 heterocycles. The van der Waals surface area contributed by atoms with Crippen molar-refractivity contribution in [1.82, 2.24) is 9.88 Å². The molecule has 1 saturated heterocycles. The first-order valence-corrected chi connectivity index (χ1v) is 7.45. The van der Waals surface area contributed by atoms with Gasteiger partial charge in [-0.3, -0.25) is 4.79 Å². The summed E-state index contributed by atoms with van der Waals surface area (Å²) >= 11 is 0.